The SMILES string of the molecule is C#CC1(O)[C@@H](O)[C@@H](COP(=O)(O)OP(=O)(O)OP(=O)(O)O)O[C@H]1n1cnc2c(N)ncnc21. The normalized spacial score (nSPS) is 29.4. The lowest BCUT2D eigenvalue weighted by Crippen LogP contribution is -2.45. The summed E-state index contributed by atoms with van der Waals surface area (Å²) in [4.78, 5) is 47.4. The predicted molar refractivity (Wildman–Crippen MR) is 103 cm³/mol. The number of aliphatic hydroxyl groups excluding tert-OH is 1. The predicted octanol–water partition coefficient (Wildman–Crippen LogP) is -1.63. The van der Waals surface area contributed by atoms with E-state index in [0.717, 1.165) is 17.2 Å². The molecular formula is C12H16N5O13P3. The lowest BCUT2D eigenvalue weighted by Gasteiger charge is -2.26. The fourth-order valence-electron chi connectivity index (χ4n) is 2.85. The molecule has 0 spiro atoms. The van der Waals surface area contributed by atoms with E-state index in [1.807, 2.05) is 5.92 Å². The highest BCUT2D eigenvalue weighted by atomic mass is 31.3. The summed E-state index contributed by atoms with van der Waals surface area (Å²) >= 11 is 0. The molecule has 0 aromatic carbocycles. The fourth-order valence-corrected chi connectivity index (χ4v) is 5.88. The summed E-state index contributed by atoms with van der Waals surface area (Å²) < 4.78 is 52.1. The van der Waals surface area contributed by atoms with Crippen molar-refractivity contribution in [1.82, 2.24) is 19.5 Å². The van der Waals surface area contributed by atoms with E-state index in [1.165, 1.54) is 0 Å². The summed E-state index contributed by atoms with van der Waals surface area (Å²) in [5, 5.41) is 21.3. The number of nitrogens with zero attached hydrogens (tertiary/aromatic N) is 4. The summed E-state index contributed by atoms with van der Waals surface area (Å²) in [6, 6.07) is 0. The Morgan fingerprint density at radius 2 is 1.85 bits per heavy atom. The van der Waals surface area contributed by atoms with Crippen LogP contribution in [0.1, 0.15) is 6.23 Å². The van der Waals surface area contributed by atoms with Crippen molar-refractivity contribution >= 4 is 40.4 Å². The number of rotatable bonds is 8. The van der Waals surface area contributed by atoms with Gasteiger partial charge < -0.3 is 40.3 Å². The number of nitrogen functional groups attached to an aromatic ring is 1. The summed E-state index contributed by atoms with van der Waals surface area (Å²) in [6.07, 6.45) is 2.43. The molecular weight excluding hydrogens is 515 g/mol. The first kappa shape index (κ1) is 25.8. The van der Waals surface area contributed by atoms with E-state index in [4.69, 9.17) is 31.6 Å². The maximum absolute atomic E-state index is 11.9. The first-order valence-electron chi connectivity index (χ1n) is 8.33. The number of ether oxygens (including phenoxy) is 1. The summed E-state index contributed by atoms with van der Waals surface area (Å²) in [6.45, 7) is -1.06. The van der Waals surface area contributed by atoms with Crippen LogP contribution in [0.2, 0.25) is 0 Å². The minimum Gasteiger partial charge on any atom is -0.386 e. The molecule has 1 saturated heterocycles. The van der Waals surface area contributed by atoms with E-state index in [9.17, 15) is 28.8 Å². The third kappa shape index (κ3) is 5.48. The van der Waals surface area contributed by atoms with E-state index in [2.05, 4.69) is 28.1 Å². The maximum atomic E-state index is 11.9. The Balaban J connectivity index is 1.79. The van der Waals surface area contributed by atoms with Gasteiger partial charge in [-0.25, -0.2) is 28.6 Å². The standard InChI is InChI=1S/C12H16N5O13P3/c1-2-12(19)8(18)6(3-27-32(23,24)30-33(25,26)29-31(20,21)22)28-11(12)17-5-16-7-9(13)14-4-15-10(7)17/h1,4-6,8,11,18-19H,3H2,(H,23,24)(H,25,26)(H2,13,14,15)(H2,20,21,22)/t6-,8+,11-,12?/m1/s1. The van der Waals surface area contributed by atoms with Crippen LogP contribution in [0.5, 0.6) is 0 Å². The molecule has 33 heavy (non-hydrogen) atoms. The number of hydrogen-bond donors (Lipinski definition) is 7. The number of imidazole rings is 1. The Hall–Kier alpha value is -1.80. The molecule has 0 aliphatic carbocycles. The largest absolute Gasteiger partial charge is 0.490 e. The molecule has 2 aromatic heterocycles. The zero-order chi connectivity index (χ0) is 24.8. The zero-order valence-electron chi connectivity index (χ0n) is 15.9. The van der Waals surface area contributed by atoms with E-state index < -0.39 is 54.1 Å². The van der Waals surface area contributed by atoms with Gasteiger partial charge in [-0.3, -0.25) is 9.09 Å². The highest BCUT2D eigenvalue weighted by molar-refractivity contribution is 7.66. The number of anilines is 1. The molecule has 8 N–H and O–H groups in total. The Kier molecular flexibility index (Phi) is 6.86. The van der Waals surface area contributed by atoms with Crippen LogP contribution in [0, 0.1) is 12.3 Å². The van der Waals surface area contributed by atoms with Gasteiger partial charge in [0.1, 0.15) is 24.1 Å². The maximum Gasteiger partial charge on any atom is 0.490 e. The molecule has 0 saturated carbocycles. The van der Waals surface area contributed by atoms with Crippen molar-refractivity contribution in [3.63, 3.8) is 0 Å². The molecule has 3 unspecified atom stereocenters. The Labute approximate surface area is 183 Å². The van der Waals surface area contributed by atoms with Gasteiger partial charge in [0.15, 0.2) is 23.3 Å². The van der Waals surface area contributed by atoms with Crippen molar-refractivity contribution < 1.29 is 61.4 Å². The van der Waals surface area contributed by atoms with Crippen LogP contribution in [0.15, 0.2) is 12.7 Å². The summed E-state index contributed by atoms with van der Waals surface area (Å²) in [7, 11) is -16.8. The van der Waals surface area contributed by atoms with Crippen LogP contribution in [0.4, 0.5) is 5.82 Å². The smallest absolute Gasteiger partial charge is 0.386 e. The topological polar surface area (TPSA) is 279 Å². The Morgan fingerprint density at radius 1 is 1.18 bits per heavy atom. The monoisotopic (exact) mass is 531 g/mol. The number of nitrogens with two attached hydrogens (primary N) is 1. The Morgan fingerprint density at radius 3 is 2.45 bits per heavy atom. The lowest BCUT2D eigenvalue weighted by atomic mass is 9.95. The van der Waals surface area contributed by atoms with Crippen LogP contribution in [-0.2, 0) is 31.6 Å². The summed E-state index contributed by atoms with van der Waals surface area (Å²) in [5.41, 5.74) is 3.42. The van der Waals surface area contributed by atoms with Crippen LogP contribution in [-0.4, -0.2) is 73.7 Å². The van der Waals surface area contributed by atoms with Gasteiger partial charge in [-0.05, 0) is 0 Å². The van der Waals surface area contributed by atoms with Gasteiger partial charge in [-0.1, -0.05) is 5.92 Å². The molecule has 6 atom stereocenters. The first-order valence-corrected chi connectivity index (χ1v) is 12.9. The third-order valence-electron chi connectivity index (χ3n) is 4.17. The van der Waals surface area contributed by atoms with Crippen LogP contribution >= 0.6 is 23.5 Å². The summed E-state index contributed by atoms with van der Waals surface area (Å²) in [5.74, 6) is 1.94. The molecule has 182 valence electrons. The highest BCUT2D eigenvalue weighted by Gasteiger charge is 2.56. The molecule has 0 amide bonds. The average Bonchev–Trinajstić information content (AvgIpc) is 3.18. The second kappa shape index (κ2) is 8.77. The quantitative estimate of drug-likeness (QED) is 0.149. The zero-order valence-corrected chi connectivity index (χ0v) is 18.6. The van der Waals surface area contributed by atoms with Crippen LogP contribution in [0.3, 0.4) is 0 Å². The molecule has 2 aromatic rings. The molecule has 3 rings (SSSR count). The number of fused-ring (bicyclic) bond motifs is 1. The van der Waals surface area contributed by atoms with Gasteiger partial charge in [0.2, 0.25) is 0 Å². The fraction of sp³-hybridized carbons (Fsp3) is 0.417. The van der Waals surface area contributed by atoms with Crippen LogP contribution < -0.4 is 5.73 Å². The molecule has 0 bridgehead atoms. The third-order valence-corrected chi connectivity index (χ3v) is 7.97. The molecule has 1 aliphatic rings. The minimum atomic E-state index is -5.75. The van der Waals surface area contributed by atoms with Gasteiger partial charge >= 0.3 is 23.5 Å². The van der Waals surface area contributed by atoms with Gasteiger partial charge in [-0.15, -0.1) is 6.42 Å². The first-order chi connectivity index (χ1) is 15.1. The number of hydrogen-bond acceptors (Lipinski definition) is 13. The van der Waals surface area contributed by atoms with E-state index in [0.29, 0.717) is 0 Å². The molecule has 21 heteroatoms. The molecule has 0 radical (unpaired) electrons. The van der Waals surface area contributed by atoms with Crippen LogP contribution in [0.25, 0.3) is 11.2 Å². The average molecular weight is 531 g/mol. The van der Waals surface area contributed by atoms with E-state index in [-0.39, 0.29) is 17.0 Å². The number of phosphoric ester groups is 1. The number of phosphoric acid groups is 3. The van der Waals surface area contributed by atoms with Crippen molar-refractivity contribution in [3.05, 3.63) is 12.7 Å². The Bertz CT molecular complexity index is 1240. The second-order valence-corrected chi connectivity index (χ2v) is 10.8. The van der Waals surface area contributed by atoms with Gasteiger partial charge in [0.05, 0.1) is 12.9 Å². The number of aromatic nitrogens is 4. The molecule has 3 heterocycles. The highest BCUT2D eigenvalue weighted by Crippen LogP contribution is 2.66. The minimum absolute atomic E-state index is 0.00856. The van der Waals surface area contributed by atoms with Gasteiger partial charge in [-0.2, -0.15) is 8.62 Å². The molecule has 1 aliphatic heterocycles. The van der Waals surface area contributed by atoms with Crippen molar-refractivity contribution in [3.8, 4) is 12.3 Å². The number of terminal acetylenes is 1. The van der Waals surface area contributed by atoms with Crippen molar-refractivity contribution in [2.24, 2.45) is 0 Å². The van der Waals surface area contributed by atoms with E-state index >= 15 is 0 Å². The second-order valence-electron chi connectivity index (χ2n) is 6.41. The lowest BCUT2D eigenvalue weighted by molar-refractivity contribution is -0.0717. The number of aliphatic hydroxyl groups is 2. The molecule has 18 nitrogen and oxygen atoms in total. The van der Waals surface area contributed by atoms with Crippen molar-refractivity contribution in [1.29, 1.82) is 0 Å². The van der Waals surface area contributed by atoms with Crippen molar-refractivity contribution in [2.75, 3.05) is 12.3 Å². The van der Waals surface area contributed by atoms with E-state index in [1.54, 1.807) is 0 Å². The van der Waals surface area contributed by atoms with Gasteiger partial charge in [0.25, 0.3) is 0 Å². The molecule has 1 fully saturated rings. The van der Waals surface area contributed by atoms with Crippen molar-refractivity contribution in [2.45, 2.75) is 24.0 Å². The van der Waals surface area contributed by atoms with Gasteiger partial charge in [0, 0.05) is 0 Å².